The molecule has 0 unspecified atom stereocenters. The average Bonchev–Trinajstić information content (AvgIpc) is 2.29. The Hall–Kier alpha value is -1.59. The third-order valence-corrected chi connectivity index (χ3v) is 2.68. The molecule has 5 N–H and O–H groups in total. The molecule has 0 aliphatic heterocycles. The molecule has 0 radical (unpaired) electrons. The number of hydrogen-bond acceptors (Lipinski definition) is 2. The van der Waals surface area contributed by atoms with Crippen LogP contribution in [-0.4, -0.2) is 5.96 Å². The molecule has 16 heavy (non-hydrogen) atoms. The average molecular weight is 279 g/mol. The molecule has 0 bridgehead atoms. The standard InChI is InChI=1S/C11H11BrN4/c12-9-3-1-8-6-10(15-11(13)16-14)4-2-7(8)5-9/h1-6H,14H2,(H3,13,15,16). The van der Waals surface area contributed by atoms with Crippen molar-refractivity contribution in [3.05, 3.63) is 40.9 Å². The number of nitrogens with two attached hydrogens (primary N) is 2. The molecule has 5 heteroatoms. The van der Waals surface area contributed by atoms with Crippen LogP contribution in [0.25, 0.3) is 10.8 Å². The fourth-order valence-electron chi connectivity index (χ4n) is 1.44. The predicted octanol–water partition coefficient (Wildman–Crippen LogP) is 2.01. The van der Waals surface area contributed by atoms with E-state index in [2.05, 4.69) is 26.3 Å². The number of nitrogens with zero attached hydrogens (tertiary/aromatic N) is 1. The van der Waals surface area contributed by atoms with Gasteiger partial charge in [0.15, 0.2) is 0 Å². The Morgan fingerprint density at radius 2 is 1.81 bits per heavy atom. The number of rotatable bonds is 1. The lowest BCUT2D eigenvalue weighted by atomic mass is 10.1. The highest BCUT2D eigenvalue weighted by Gasteiger charge is 1.97. The van der Waals surface area contributed by atoms with Gasteiger partial charge in [0.05, 0.1) is 5.69 Å². The summed E-state index contributed by atoms with van der Waals surface area (Å²) in [6.07, 6.45) is 0. The van der Waals surface area contributed by atoms with E-state index >= 15 is 0 Å². The van der Waals surface area contributed by atoms with Crippen LogP contribution in [0.2, 0.25) is 0 Å². The highest BCUT2D eigenvalue weighted by molar-refractivity contribution is 9.10. The van der Waals surface area contributed by atoms with Crippen molar-refractivity contribution >= 4 is 38.3 Å². The van der Waals surface area contributed by atoms with Gasteiger partial charge >= 0.3 is 0 Å². The monoisotopic (exact) mass is 278 g/mol. The fourth-order valence-corrected chi connectivity index (χ4v) is 1.82. The van der Waals surface area contributed by atoms with E-state index in [1.807, 2.05) is 36.4 Å². The molecule has 2 aromatic carbocycles. The minimum Gasteiger partial charge on any atom is -0.369 e. The molecule has 2 rings (SSSR count). The molecule has 0 spiro atoms. The summed E-state index contributed by atoms with van der Waals surface area (Å²) in [5, 5.41) is 2.25. The molecule has 0 aliphatic rings. The quantitative estimate of drug-likeness (QED) is 0.323. The van der Waals surface area contributed by atoms with Gasteiger partial charge in [0, 0.05) is 4.47 Å². The Morgan fingerprint density at radius 3 is 2.56 bits per heavy atom. The van der Waals surface area contributed by atoms with Gasteiger partial charge in [-0.25, -0.2) is 10.8 Å². The van der Waals surface area contributed by atoms with Crippen LogP contribution in [0, 0.1) is 0 Å². The van der Waals surface area contributed by atoms with E-state index in [-0.39, 0.29) is 5.96 Å². The van der Waals surface area contributed by atoms with Crippen LogP contribution in [0.1, 0.15) is 0 Å². The minimum atomic E-state index is 0.191. The van der Waals surface area contributed by atoms with Gasteiger partial charge in [0.25, 0.3) is 0 Å². The van der Waals surface area contributed by atoms with Crippen LogP contribution in [-0.2, 0) is 0 Å². The fraction of sp³-hybridized carbons (Fsp3) is 0. The summed E-state index contributed by atoms with van der Waals surface area (Å²) in [6.45, 7) is 0. The molecule has 2 aromatic rings. The van der Waals surface area contributed by atoms with Gasteiger partial charge in [-0.2, -0.15) is 0 Å². The Bertz CT molecular complexity index is 551. The Labute approximate surface area is 101 Å². The zero-order valence-corrected chi connectivity index (χ0v) is 10.0. The lowest BCUT2D eigenvalue weighted by Crippen LogP contribution is -2.36. The minimum absolute atomic E-state index is 0.191. The molecule has 0 fully saturated rings. The highest BCUT2D eigenvalue weighted by Crippen LogP contribution is 2.24. The van der Waals surface area contributed by atoms with Crippen molar-refractivity contribution in [3.8, 4) is 0 Å². The summed E-state index contributed by atoms with van der Waals surface area (Å²) in [5.41, 5.74) is 8.54. The summed E-state index contributed by atoms with van der Waals surface area (Å²) in [4.78, 5) is 4.10. The van der Waals surface area contributed by atoms with E-state index < -0.39 is 0 Å². The highest BCUT2D eigenvalue weighted by atomic mass is 79.9. The number of aliphatic imine (C=N–C) groups is 1. The number of guanidine groups is 1. The van der Waals surface area contributed by atoms with Gasteiger partial charge < -0.3 is 5.73 Å². The van der Waals surface area contributed by atoms with Crippen LogP contribution >= 0.6 is 15.9 Å². The SMILES string of the molecule is NNC(N)=Nc1ccc2cc(Br)ccc2c1. The molecule has 0 aromatic heterocycles. The summed E-state index contributed by atoms with van der Waals surface area (Å²) >= 11 is 3.43. The number of fused-ring (bicyclic) bond motifs is 1. The Balaban J connectivity index is 2.48. The smallest absolute Gasteiger partial charge is 0.208 e. The van der Waals surface area contributed by atoms with Crippen molar-refractivity contribution in [1.82, 2.24) is 5.43 Å². The van der Waals surface area contributed by atoms with Gasteiger partial charge in [0.2, 0.25) is 5.96 Å². The Morgan fingerprint density at radius 1 is 1.12 bits per heavy atom. The van der Waals surface area contributed by atoms with E-state index in [4.69, 9.17) is 11.6 Å². The summed E-state index contributed by atoms with van der Waals surface area (Å²) < 4.78 is 1.05. The van der Waals surface area contributed by atoms with E-state index in [0.29, 0.717) is 0 Å². The molecule has 0 amide bonds. The number of hydrazine groups is 1. The summed E-state index contributed by atoms with van der Waals surface area (Å²) in [5.74, 6) is 5.33. The molecule has 0 heterocycles. The maximum Gasteiger partial charge on any atom is 0.208 e. The van der Waals surface area contributed by atoms with Gasteiger partial charge in [-0.3, -0.25) is 5.43 Å². The topological polar surface area (TPSA) is 76.4 Å². The van der Waals surface area contributed by atoms with E-state index in [1.54, 1.807) is 0 Å². The van der Waals surface area contributed by atoms with E-state index in [0.717, 1.165) is 20.9 Å². The number of benzene rings is 2. The molecule has 0 atom stereocenters. The second-order valence-electron chi connectivity index (χ2n) is 3.32. The van der Waals surface area contributed by atoms with Crippen LogP contribution in [0.4, 0.5) is 5.69 Å². The molecule has 0 saturated carbocycles. The van der Waals surface area contributed by atoms with Crippen molar-refractivity contribution < 1.29 is 0 Å². The largest absolute Gasteiger partial charge is 0.369 e. The van der Waals surface area contributed by atoms with Crippen molar-refractivity contribution in [2.75, 3.05) is 0 Å². The maximum absolute atomic E-state index is 5.48. The second-order valence-corrected chi connectivity index (χ2v) is 4.23. The predicted molar refractivity (Wildman–Crippen MR) is 70.3 cm³/mol. The van der Waals surface area contributed by atoms with Gasteiger partial charge in [-0.15, -0.1) is 0 Å². The first-order valence-corrected chi connectivity index (χ1v) is 5.48. The van der Waals surface area contributed by atoms with Gasteiger partial charge in [-0.1, -0.05) is 28.1 Å². The lowest BCUT2D eigenvalue weighted by Gasteiger charge is -2.02. The van der Waals surface area contributed by atoms with Crippen LogP contribution in [0.5, 0.6) is 0 Å². The van der Waals surface area contributed by atoms with Crippen molar-refractivity contribution in [2.45, 2.75) is 0 Å². The first kappa shape index (κ1) is 10.9. The normalized spacial score (nSPS) is 11.8. The van der Waals surface area contributed by atoms with Crippen LogP contribution in [0.15, 0.2) is 45.9 Å². The number of nitrogens with one attached hydrogen (secondary N) is 1. The second kappa shape index (κ2) is 4.51. The zero-order valence-electron chi connectivity index (χ0n) is 8.44. The van der Waals surface area contributed by atoms with Crippen LogP contribution < -0.4 is 17.0 Å². The van der Waals surface area contributed by atoms with Crippen molar-refractivity contribution in [2.24, 2.45) is 16.6 Å². The Kier molecular flexibility index (Phi) is 3.07. The van der Waals surface area contributed by atoms with Crippen molar-refractivity contribution in [1.29, 1.82) is 0 Å². The van der Waals surface area contributed by atoms with Gasteiger partial charge in [-0.05, 0) is 35.0 Å². The van der Waals surface area contributed by atoms with E-state index in [9.17, 15) is 0 Å². The van der Waals surface area contributed by atoms with E-state index in [1.165, 1.54) is 0 Å². The first-order valence-electron chi connectivity index (χ1n) is 4.69. The number of hydrogen-bond donors (Lipinski definition) is 3. The third kappa shape index (κ3) is 2.32. The molecule has 0 saturated heterocycles. The molecule has 82 valence electrons. The molecular weight excluding hydrogens is 268 g/mol. The molecular formula is C11H11BrN4. The van der Waals surface area contributed by atoms with Crippen molar-refractivity contribution in [3.63, 3.8) is 0 Å². The first-order chi connectivity index (χ1) is 7.69. The van der Waals surface area contributed by atoms with Crippen LogP contribution in [0.3, 0.4) is 0 Å². The zero-order chi connectivity index (χ0) is 11.5. The maximum atomic E-state index is 5.48. The third-order valence-electron chi connectivity index (χ3n) is 2.18. The lowest BCUT2D eigenvalue weighted by molar-refractivity contribution is 1.01. The number of halogens is 1. The molecule has 0 aliphatic carbocycles. The molecule has 4 nitrogen and oxygen atoms in total. The van der Waals surface area contributed by atoms with Gasteiger partial charge in [0.1, 0.15) is 0 Å². The summed E-state index contributed by atoms with van der Waals surface area (Å²) in [6, 6.07) is 11.9. The summed E-state index contributed by atoms with van der Waals surface area (Å²) in [7, 11) is 0.